The summed E-state index contributed by atoms with van der Waals surface area (Å²) in [5.41, 5.74) is 6.37. The highest BCUT2D eigenvalue weighted by Crippen LogP contribution is 2.34. The zero-order chi connectivity index (χ0) is 19.0. The van der Waals surface area contributed by atoms with E-state index in [0.717, 1.165) is 39.3 Å². The molecule has 0 amide bonds. The van der Waals surface area contributed by atoms with Crippen molar-refractivity contribution in [3.8, 4) is 28.2 Å². The van der Waals surface area contributed by atoms with Gasteiger partial charge in [-0.1, -0.05) is 12.1 Å². The maximum Gasteiger partial charge on any atom is 0.123 e. The Morgan fingerprint density at radius 1 is 0.741 bits per heavy atom. The van der Waals surface area contributed by atoms with E-state index >= 15 is 0 Å². The summed E-state index contributed by atoms with van der Waals surface area (Å²) in [6.45, 7) is 4.01. The van der Waals surface area contributed by atoms with Crippen LogP contribution in [0, 0.1) is 25.5 Å². The van der Waals surface area contributed by atoms with E-state index in [2.05, 4.69) is 0 Å². The minimum atomic E-state index is -0.284. The van der Waals surface area contributed by atoms with E-state index in [1.54, 1.807) is 24.3 Å². The lowest BCUT2D eigenvalue weighted by Crippen LogP contribution is -2.00. The van der Waals surface area contributed by atoms with Gasteiger partial charge in [0.15, 0.2) is 0 Å². The van der Waals surface area contributed by atoms with Crippen LogP contribution >= 0.6 is 0 Å². The van der Waals surface area contributed by atoms with Crippen LogP contribution in [0.3, 0.4) is 0 Å². The van der Waals surface area contributed by atoms with E-state index < -0.39 is 0 Å². The quantitative estimate of drug-likeness (QED) is 0.431. The second-order valence-electron chi connectivity index (χ2n) is 6.59. The van der Waals surface area contributed by atoms with Crippen molar-refractivity contribution in [2.45, 2.75) is 13.8 Å². The maximum absolute atomic E-state index is 13.4. The van der Waals surface area contributed by atoms with E-state index in [-0.39, 0.29) is 11.6 Å². The minimum absolute atomic E-state index is 0.281. The van der Waals surface area contributed by atoms with E-state index in [1.807, 2.05) is 42.8 Å². The van der Waals surface area contributed by atoms with Gasteiger partial charge in [0.1, 0.15) is 11.6 Å². The Balaban J connectivity index is 1.97. The normalized spacial score (nSPS) is 11.0. The number of hydrogen-bond acceptors (Lipinski definition) is 1. The number of hydrogen-bond donors (Lipinski definition) is 0. The fourth-order valence-electron chi connectivity index (χ4n) is 3.27. The summed E-state index contributed by atoms with van der Waals surface area (Å²) >= 11 is 0. The lowest BCUT2D eigenvalue weighted by atomic mass is 10.0. The van der Waals surface area contributed by atoms with Crippen LogP contribution in [0.25, 0.3) is 28.2 Å². The molecule has 134 valence electrons. The molecule has 0 saturated heterocycles. The second-order valence-corrected chi connectivity index (χ2v) is 6.59. The largest absolute Gasteiger partial charge is 0.232 e. The molecule has 0 aliphatic rings. The first-order valence-electron chi connectivity index (χ1n) is 8.71. The van der Waals surface area contributed by atoms with Gasteiger partial charge < -0.3 is 0 Å². The number of rotatable bonds is 3. The average molecular weight is 360 g/mol. The Bertz CT molecular complexity index is 1090. The Morgan fingerprint density at radius 2 is 1.33 bits per heavy atom. The van der Waals surface area contributed by atoms with Crippen molar-refractivity contribution < 1.29 is 8.78 Å². The van der Waals surface area contributed by atoms with Crippen LogP contribution in [-0.4, -0.2) is 9.78 Å². The minimum Gasteiger partial charge on any atom is -0.232 e. The summed E-state index contributed by atoms with van der Waals surface area (Å²) < 4.78 is 28.6. The molecule has 1 aromatic heterocycles. The predicted molar refractivity (Wildman–Crippen MR) is 104 cm³/mol. The summed E-state index contributed by atoms with van der Waals surface area (Å²) in [6.07, 6.45) is 0. The van der Waals surface area contributed by atoms with Gasteiger partial charge in [0.2, 0.25) is 0 Å². The van der Waals surface area contributed by atoms with Gasteiger partial charge >= 0.3 is 0 Å². The molecule has 2 nitrogen and oxygen atoms in total. The van der Waals surface area contributed by atoms with Gasteiger partial charge in [0, 0.05) is 16.7 Å². The highest BCUT2D eigenvalue weighted by molar-refractivity contribution is 5.75. The molecular weight excluding hydrogens is 342 g/mol. The van der Waals surface area contributed by atoms with Gasteiger partial charge in [-0.2, -0.15) is 5.10 Å². The average Bonchev–Trinajstić information content (AvgIpc) is 3.00. The van der Waals surface area contributed by atoms with Crippen molar-refractivity contribution >= 4 is 0 Å². The van der Waals surface area contributed by atoms with Gasteiger partial charge in [-0.3, -0.25) is 0 Å². The molecule has 0 unspecified atom stereocenters. The fourth-order valence-corrected chi connectivity index (χ4v) is 3.27. The van der Waals surface area contributed by atoms with Gasteiger partial charge in [-0.05, 0) is 80.1 Å². The van der Waals surface area contributed by atoms with Gasteiger partial charge in [0.25, 0.3) is 0 Å². The lowest BCUT2D eigenvalue weighted by Gasteiger charge is -2.09. The summed E-state index contributed by atoms with van der Waals surface area (Å²) in [6, 6.07) is 20.7. The number of aromatic nitrogens is 2. The zero-order valence-corrected chi connectivity index (χ0v) is 15.1. The van der Waals surface area contributed by atoms with Crippen molar-refractivity contribution in [2.24, 2.45) is 0 Å². The van der Waals surface area contributed by atoms with Crippen LogP contribution in [-0.2, 0) is 0 Å². The van der Waals surface area contributed by atoms with Crippen molar-refractivity contribution in [1.82, 2.24) is 9.78 Å². The number of aryl methyl sites for hydroxylation is 1. The summed E-state index contributed by atoms with van der Waals surface area (Å²) in [7, 11) is 0. The van der Waals surface area contributed by atoms with Crippen molar-refractivity contribution in [3.05, 3.63) is 95.6 Å². The number of benzene rings is 3. The smallest absolute Gasteiger partial charge is 0.123 e. The van der Waals surface area contributed by atoms with Crippen LogP contribution in [0.5, 0.6) is 0 Å². The topological polar surface area (TPSA) is 17.8 Å². The Morgan fingerprint density at radius 3 is 1.93 bits per heavy atom. The first-order valence-corrected chi connectivity index (χ1v) is 8.71. The first kappa shape index (κ1) is 17.2. The molecule has 0 N–H and O–H groups in total. The molecule has 3 aromatic carbocycles. The zero-order valence-electron chi connectivity index (χ0n) is 15.1. The van der Waals surface area contributed by atoms with E-state index in [4.69, 9.17) is 5.10 Å². The fraction of sp³-hybridized carbons (Fsp3) is 0.0870. The van der Waals surface area contributed by atoms with Crippen LogP contribution in [0.15, 0.2) is 72.8 Å². The third kappa shape index (κ3) is 3.26. The molecule has 0 fully saturated rings. The highest BCUT2D eigenvalue weighted by Gasteiger charge is 2.18. The van der Waals surface area contributed by atoms with Crippen LogP contribution < -0.4 is 0 Å². The van der Waals surface area contributed by atoms with Crippen LogP contribution in [0.2, 0.25) is 0 Å². The van der Waals surface area contributed by atoms with Gasteiger partial charge in [-0.15, -0.1) is 0 Å². The van der Waals surface area contributed by atoms with Crippen molar-refractivity contribution in [1.29, 1.82) is 0 Å². The predicted octanol–water partition coefficient (Wildman–Crippen LogP) is 6.10. The van der Waals surface area contributed by atoms with E-state index in [1.165, 1.54) is 24.3 Å². The summed E-state index contributed by atoms with van der Waals surface area (Å²) in [4.78, 5) is 0. The molecule has 4 heteroatoms. The third-order valence-corrected chi connectivity index (χ3v) is 4.60. The first-order chi connectivity index (χ1) is 13.0. The highest BCUT2D eigenvalue weighted by atomic mass is 19.1. The molecule has 4 aromatic rings. The number of halogens is 2. The van der Waals surface area contributed by atoms with Crippen LogP contribution in [0.4, 0.5) is 8.78 Å². The molecule has 0 aliphatic heterocycles. The molecule has 0 saturated carbocycles. The van der Waals surface area contributed by atoms with Gasteiger partial charge in [-0.25, -0.2) is 13.5 Å². The third-order valence-electron chi connectivity index (χ3n) is 4.60. The number of nitrogens with zero attached hydrogens (tertiary/aromatic N) is 2. The Kier molecular flexibility index (Phi) is 4.32. The maximum atomic E-state index is 13.4. The summed E-state index contributed by atoms with van der Waals surface area (Å²) in [5.74, 6) is -0.565. The summed E-state index contributed by atoms with van der Waals surface area (Å²) in [5, 5.41) is 4.82. The molecular formula is C23H18F2N2. The molecule has 0 aliphatic carbocycles. The molecule has 4 rings (SSSR count). The van der Waals surface area contributed by atoms with Crippen molar-refractivity contribution in [3.63, 3.8) is 0 Å². The second kappa shape index (κ2) is 6.80. The molecule has 27 heavy (non-hydrogen) atoms. The monoisotopic (exact) mass is 360 g/mol. The molecule has 0 bridgehead atoms. The Hall–Kier alpha value is -3.27. The molecule has 1 heterocycles. The van der Waals surface area contributed by atoms with E-state index in [9.17, 15) is 8.78 Å². The Labute approximate surface area is 156 Å². The molecule has 0 spiro atoms. The van der Waals surface area contributed by atoms with Gasteiger partial charge in [0.05, 0.1) is 17.1 Å². The molecule has 0 radical (unpaired) electrons. The van der Waals surface area contributed by atoms with E-state index in [0.29, 0.717) is 0 Å². The van der Waals surface area contributed by atoms with Crippen LogP contribution in [0.1, 0.15) is 11.1 Å². The SMILES string of the molecule is Cc1cccc(-n2nc(-c3ccc(F)cc3)c(C)c2-c2ccc(F)cc2)c1. The lowest BCUT2D eigenvalue weighted by molar-refractivity contribution is 0.627. The molecule has 0 atom stereocenters. The van der Waals surface area contributed by atoms with Crippen molar-refractivity contribution in [2.75, 3.05) is 0 Å². The standard InChI is InChI=1S/C23H18F2N2/c1-15-4-3-5-21(14-15)27-23(18-8-12-20(25)13-9-18)16(2)22(26-27)17-6-10-19(24)11-7-17/h3-14H,1-2H3.